The molecule has 0 radical (unpaired) electrons. The van der Waals surface area contributed by atoms with Crippen molar-refractivity contribution < 1.29 is 0 Å². The molecule has 0 unspecified atom stereocenters. The highest BCUT2D eigenvalue weighted by molar-refractivity contribution is 6.08. The summed E-state index contributed by atoms with van der Waals surface area (Å²) >= 11 is 0. The fraction of sp³-hybridized carbons (Fsp3) is 0.412. The van der Waals surface area contributed by atoms with Gasteiger partial charge in [0.05, 0.1) is 0 Å². The average molecular weight is 280 g/mol. The van der Waals surface area contributed by atoms with Crippen molar-refractivity contribution in [1.82, 2.24) is 15.0 Å². The first-order chi connectivity index (χ1) is 10.3. The Kier molecular flexibility index (Phi) is 3.02. The first-order valence-electron chi connectivity index (χ1n) is 7.79. The van der Waals surface area contributed by atoms with Crippen LogP contribution in [0.5, 0.6) is 0 Å². The zero-order chi connectivity index (χ0) is 14.2. The quantitative estimate of drug-likeness (QED) is 0.774. The summed E-state index contributed by atoms with van der Waals surface area (Å²) in [7, 11) is 2.17. The van der Waals surface area contributed by atoms with Gasteiger partial charge in [-0.15, -0.1) is 0 Å². The number of benzene rings is 1. The van der Waals surface area contributed by atoms with Crippen LogP contribution in [0, 0.1) is 0 Å². The Labute approximate surface area is 124 Å². The maximum atomic E-state index is 4.56. The molecule has 1 aliphatic rings. The molecule has 1 aromatic carbocycles. The van der Waals surface area contributed by atoms with E-state index in [1.807, 2.05) is 0 Å². The van der Waals surface area contributed by atoms with Crippen LogP contribution in [0.3, 0.4) is 0 Å². The highest BCUT2D eigenvalue weighted by Crippen LogP contribution is 2.31. The maximum absolute atomic E-state index is 4.56. The zero-order valence-electron chi connectivity index (χ0n) is 12.3. The molecule has 4 rings (SSSR count). The zero-order valence-corrected chi connectivity index (χ0v) is 12.3. The summed E-state index contributed by atoms with van der Waals surface area (Å²) in [6.45, 7) is 0. The summed E-state index contributed by atoms with van der Waals surface area (Å²) in [6, 6.07) is 8.92. The van der Waals surface area contributed by atoms with Crippen molar-refractivity contribution in [1.29, 1.82) is 0 Å². The molecule has 0 bridgehead atoms. The van der Waals surface area contributed by atoms with E-state index in [4.69, 9.17) is 0 Å². The van der Waals surface area contributed by atoms with Gasteiger partial charge in [-0.25, -0.2) is 9.97 Å². The Morgan fingerprint density at radius 3 is 2.76 bits per heavy atom. The highest BCUT2D eigenvalue weighted by atomic mass is 15.2. The Bertz CT molecular complexity index is 771. The molecule has 0 atom stereocenters. The van der Waals surface area contributed by atoms with Crippen molar-refractivity contribution in [2.45, 2.75) is 38.1 Å². The van der Waals surface area contributed by atoms with Gasteiger partial charge in [-0.1, -0.05) is 37.5 Å². The molecule has 0 aliphatic heterocycles. The molecule has 2 heterocycles. The van der Waals surface area contributed by atoms with Gasteiger partial charge < -0.3 is 9.88 Å². The number of fused-ring (bicyclic) bond motifs is 3. The number of rotatable bonds is 2. The van der Waals surface area contributed by atoms with Crippen molar-refractivity contribution in [3.63, 3.8) is 0 Å². The normalized spacial score (nSPS) is 16.6. The molecule has 1 N–H and O–H groups in total. The molecular weight excluding hydrogens is 260 g/mol. The molecule has 4 nitrogen and oxygen atoms in total. The van der Waals surface area contributed by atoms with Gasteiger partial charge in [0.15, 0.2) is 5.82 Å². The van der Waals surface area contributed by atoms with Gasteiger partial charge in [-0.3, -0.25) is 0 Å². The number of aromatic nitrogens is 3. The SMILES string of the molecule is CN(c1ncnc2c1[nH]c1ccccc12)C1CCCCC1. The second-order valence-electron chi connectivity index (χ2n) is 5.99. The Balaban J connectivity index is 1.84. The monoisotopic (exact) mass is 280 g/mol. The van der Waals surface area contributed by atoms with Gasteiger partial charge in [-0.2, -0.15) is 0 Å². The van der Waals surface area contributed by atoms with Crippen LogP contribution in [0.4, 0.5) is 5.82 Å². The Morgan fingerprint density at radius 1 is 1.10 bits per heavy atom. The summed E-state index contributed by atoms with van der Waals surface area (Å²) in [4.78, 5) is 14.9. The average Bonchev–Trinajstić information content (AvgIpc) is 2.94. The van der Waals surface area contributed by atoms with E-state index in [-0.39, 0.29) is 0 Å². The lowest BCUT2D eigenvalue weighted by molar-refractivity contribution is 0.426. The number of H-pyrrole nitrogens is 1. The molecular formula is C17H20N4. The minimum atomic E-state index is 0.600. The van der Waals surface area contributed by atoms with Gasteiger partial charge in [0.1, 0.15) is 17.4 Å². The number of hydrogen-bond donors (Lipinski definition) is 1. The number of para-hydroxylation sites is 1. The van der Waals surface area contributed by atoms with Gasteiger partial charge in [0.2, 0.25) is 0 Å². The molecule has 1 aliphatic carbocycles. The van der Waals surface area contributed by atoms with E-state index in [0.717, 1.165) is 22.4 Å². The van der Waals surface area contributed by atoms with Crippen molar-refractivity contribution in [2.24, 2.45) is 0 Å². The predicted octanol–water partition coefficient (Wildman–Crippen LogP) is 3.88. The molecule has 0 amide bonds. The van der Waals surface area contributed by atoms with Crippen LogP contribution in [-0.2, 0) is 0 Å². The van der Waals surface area contributed by atoms with Crippen LogP contribution in [0.2, 0.25) is 0 Å². The van der Waals surface area contributed by atoms with Crippen LogP contribution >= 0.6 is 0 Å². The molecule has 21 heavy (non-hydrogen) atoms. The van der Waals surface area contributed by atoms with Crippen molar-refractivity contribution in [2.75, 3.05) is 11.9 Å². The van der Waals surface area contributed by atoms with E-state index in [2.05, 4.69) is 51.2 Å². The third kappa shape index (κ3) is 2.06. The standard InChI is InChI=1S/C17H20N4/c1-21(12-7-3-2-4-8-12)17-16-15(18-11-19-17)13-9-5-6-10-14(13)20-16/h5-6,9-12,20H,2-4,7-8H2,1H3. The maximum Gasteiger partial charge on any atom is 0.156 e. The van der Waals surface area contributed by atoms with Gasteiger partial charge in [-0.05, 0) is 18.9 Å². The molecule has 0 spiro atoms. The van der Waals surface area contributed by atoms with Crippen molar-refractivity contribution >= 4 is 27.8 Å². The van der Waals surface area contributed by atoms with Gasteiger partial charge in [0.25, 0.3) is 0 Å². The molecule has 0 saturated heterocycles. The van der Waals surface area contributed by atoms with Crippen molar-refractivity contribution in [3.8, 4) is 0 Å². The number of hydrogen-bond acceptors (Lipinski definition) is 3. The predicted molar refractivity (Wildman–Crippen MR) is 86.7 cm³/mol. The number of nitrogens with zero attached hydrogens (tertiary/aromatic N) is 3. The smallest absolute Gasteiger partial charge is 0.156 e. The summed E-state index contributed by atoms with van der Waals surface area (Å²) < 4.78 is 0. The summed E-state index contributed by atoms with van der Waals surface area (Å²) in [5, 5.41) is 1.17. The second-order valence-corrected chi connectivity index (χ2v) is 5.99. The topological polar surface area (TPSA) is 44.8 Å². The Morgan fingerprint density at radius 2 is 1.90 bits per heavy atom. The van der Waals surface area contributed by atoms with E-state index >= 15 is 0 Å². The number of aromatic amines is 1. The molecule has 1 fully saturated rings. The third-order valence-corrected chi connectivity index (χ3v) is 4.73. The van der Waals surface area contributed by atoms with Gasteiger partial charge in [0, 0.05) is 24.0 Å². The lowest BCUT2D eigenvalue weighted by Gasteiger charge is -2.32. The van der Waals surface area contributed by atoms with E-state index in [9.17, 15) is 0 Å². The summed E-state index contributed by atoms with van der Waals surface area (Å²) in [5.41, 5.74) is 3.22. The molecule has 108 valence electrons. The molecule has 4 heteroatoms. The van der Waals surface area contributed by atoms with Gasteiger partial charge >= 0.3 is 0 Å². The first kappa shape index (κ1) is 12.6. The van der Waals surface area contributed by atoms with E-state index in [1.165, 1.54) is 37.5 Å². The van der Waals surface area contributed by atoms with Crippen LogP contribution in [-0.4, -0.2) is 28.0 Å². The fourth-order valence-electron chi connectivity index (χ4n) is 3.54. The van der Waals surface area contributed by atoms with Crippen LogP contribution in [0.25, 0.3) is 21.9 Å². The highest BCUT2D eigenvalue weighted by Gasteiger charge is 2.22. The lowest BCUT2D eigenvalue weighted by Crippen LogP contribution is -2.34. The summed E-state index contributed by atoms with van der Waals surface area (Å²) in [6.07, 6.45) is 8.25. The molecule has 1 saturated carbocycles. The van der Waals surface area contributed by atoms with Crippen molar-refractivity contribution in [3.05, 3.63) is 30.6 Å². The second kappa shape index (κ2) is 5.02. The third-order valence-electron chi connectivity index (χ3n) is 4.73. The largest absolute Gasteiger partial charge is 0.355 e. The van der Waals surface area contributed by atoms with E-state index < -0.39 is 0 Å². The van der Waals surface area contributed by atoms with E-state index in [1.54, 1.807) is 6.33 Å². The van der Waals surface area contributed by atoms with Crippen LogP contribution < -0.4 is 4.90 Å². The molecule has 2 aromatic heterocycles. The van der Waals surface area contributed by atoms with Crippen LogP contribution in [0.15, 0.2) is 30.6 Å². The fourth-order valence-corrected chi connectivity index (χ4v) is 3.54. The number of anilines is 1. The number of nitrogens with one attached hydrogen (secondary N) is 1. The summed E-state index contributed by atoms with van der Waals surface area (Å²) in [5.74, 6) is 1.03. The Hall–Kier alpha value is -2.10. The van der Waals surface area contributed by atoms with Crippen LogP contribution in [0.1, 0.15) is 32.1 Å². The molecule has 3 aromatic rings. The minimum Gasteiger partial charge on any atom is -0.355 e. The minimum absolute atomic E-state index is 0.600. The first-order valence-corrected chi connectivity index (χ1v) is 7.79. The lowest BCUT2D eigenvalue weighted by atomic mass is 9.94. The van der Waals surface area contributed by atoms with E-state index in [0.29, 0.717) is 6.04 Å².